The molecule has 0 bridgehead atoms. The van der Waals surface area contributed by atoms with Gasteiger partial charge in [-0.2, -0.15) is 26.3 Å². The molecule has 0 saturated carbocycles. The Morgan fingerprint density at radius 3 is 2.08 bits per heavy atom. The third-order valence-electron chi connectivity index (χ3n) is 3.70. The van der Waals surface area contributed by atoms with E-state index in [1.807, 2.05) is 0 Å². The first-order valence-corrected chi connectivity index (χ1v) is 7.03. The maximum atomic E-state index is 14.1. The number of hydrogen-bond acceptors (Lipinski definition) is 3. The quantitative estimate of drug-likeness (QED) is 0.482. The summed E-state index contributed by atoms with van der Waals surface area (Å²) in [7, 11) is 0. The first kappa shape index (κ1) is 18.0. The topological polar surface area (TPSA) is 52.0 Å². The second-order valence-electron chi connectivity index (χ2n) is 5.48. The van der Waals surface area contributed by atoms with Crippen LogP contribution in [0.5, 0.6) is 0 Å². The van der Waals surface area contributed by atoms with Crippen LogP contribution in [0.15, 0.2) is 46.9 Å². The summed E-state index contributed by atoms with van der Waals surface area (Å²) in [5.41, 5.74) is -1.31. The van der Waals surface area contributed by atoms with Crippen molar-refractivity contribution in [2.75, 3.05) is 5.73 Å². The van der Waals surface area contributed by atoms with Gasteiger partial charge in [-0.05, 0) is 30.3 Å². The largest absolute Gasteiger partial charge is 0.436 e. The molecule has 3 nitrogen and oxygen atoms in total. The van der Waals surface area contributed by atoms with Crippen molar-refractivity contribution in [2.24, 2.45) is 0 Å². The number of anilines is 1. The summed E-state index contributed by atoms with van der Waals surface area (Å²) in [4.78, 5) is 3.96. The van der Waals surface area contributed by atoms with E-state index in [1.54, 1.807) is 12.1 Å². The highest BCUT2D eigenvalue weighted by atomic mass is 19.4. The van der Waals surface area contributed by atoms with Crippen molar-refractivity contribution in [3.63, 3.8) is 0 Å². The van der Waals surface area contributed by atoms with E-state index in [0.29, 0.717) is 23.4 Å². The Bertz CT molecular complexity index is 945. The molecule has 1 heterocycles. The van der Waals surface area contributed by atoms with E-state index in [1.165, 1.54) is 12.1 Å². The molecule has 0 amide bonds. The number of nitrogens with two attached hydrogens (primary N) is 1. The van der Waals surface area contributed by atoms with Crippen LogP contribution in [0.25, 0.3) is 22.6 Å². The summed E-state index contributed by atoms with van der Waals surface area (Å²) in [6, 6.07) is 7.67. The van der Waals surface area contributed by atoms with E-state index in [4.69, 9.17) is 10.2 Å². The van der Waals surface area contributed by atoms with Gasteiger partial charge < -0.3 is 10.2 Å². The number of benzene rings is 2. The van der Waals surface area contributed by atoms with Gasteiger partial charge in [0.25, 0.3) is 0 Å². The molecular formula is C16H9F7N2O. The van der Waals surface area contributed by atoms with Gasteiger partial charge in [0.1, 0.15) is 5.52 Å². The normalized spacial score (nSPS) is 13.3. The minimum Gasteiger partial charge on any atom is -0.436 e. The molecule has 0 aliphatic heterocycles. The van der Waals surface area contributed by atoms with Crippen molar-refractivity contribution >= 4 is 16.8 Å². The molecule has 0 aliphatic rings. The fraction of sp³-hybridized carbons (Fsp3) is 0.188. The number of oxazole rings is 1. The Labute approximate surface area is 141 Å². The Balaban J connectivity index is 2.15. The Morgan fingerprint density at radius 2 is 1.50 bits per heavy atom. The lowest BCUT2D eigenvalue weighted by molar-refractivity contribution is -0.348. The number of hydrogen-bond donors (Lipinski definition) is 1. The van der Waals surface area contributed by atoms with E-state index in [0.717, 1.165) is 6.07 Å². The summed E-state index contributed by atoms with van der Waals surface area (Å²) in [5, 5.41) is 0. The second kappa shape index (κ2) is 5.61. The minimum absolute atomic E-state index is 0.0297. The predicted octanol–water partition coefficient (Wildman–Crippen LogP) is 5.37. The van der Waals surface area contributed by atoms with Gasteiger partial charge in [-0.3, -0.25) is 0 Å². The third-order valence-corrected chi connectivity index (χ3v) is 3.70. The van der Waals surface area contributed by atoms with Crippen molar-refractivity contribution in [2.45, 2.75) is 18.0 Å². The van der Waals surface area contributed by atoms with Gasteiger partial charge in [0.2, 0.25) is 5.89 Å². The van der Waals surface area contributed by atoms with E-state index in [9.17, 15) is 30.7 Å². The smallest absolute Gasteiger partial charge is 0.435 e. The molecule has 2 aromatic carbocycles. The number of halogens is 7. The minimum atomic E-state index is -6.20. The van der Waals surface area contributed by atoms with Gasteiger partial charge in [0.05, 0.1) is 0 Å². The van der Waals surface area contributed by atoms with Crippen molar-refractivity contribution in [1.82, 2.24) is 4.98 Å². The van der Waals surface area contributed by atoms with E-state index >= 15 is 0 Å². The fourth-order valence-electron chi connectivity index (χ4n) is 2.42. The number of nitrogens with zero attached hydrogens (tertiary/aromatic N) is 1. The lowest BCUT2D eigenvalue weighted by atomic mass is 9.94. The predicted molar refractivity (Wildman–Crippen MR) is 78.8 cm³/mol. The van der Waals surface area contributed by atoms with Gasteiger partial charge in [-0.1, -0.05) is 12.1 Å². The van der Waals surface area contributed by atoms with Gasteiger partial charge in [0, 0.05) is 16.8 Å². The molecule has 1 aromatic heterocycles. The van der Waals surface area contributed by atoms with Crippen LogP contribution in [0.2, 0.25) is 0 Å². The highest BCUT2D eigenvalue weighted by molar-refractivity contribution is 5.77. The van der Waals surface area contributed by atoms with Crippen molar-refractivity contribution in [1.29, 1.82) is 0 Å². The molecular weight excluding hydrogens is 369 g/mol. The van der Waals surface area contributed by atoms with Crippen LogP contribution < -0.4 is 5.73 Å². The van der Waals surface area contributed by atoms with E-state index < -0.39 is 29.2 Å². The monoisotopic (exact) mass is 378 g/mol. The maximum absolute atomic E-state index is 14.1. The molecule has 0 unspecified atom stereocenters. The number of alkyl halides is 7. The Kier molecular flexibility index (Phi) is 3.89. The van der Waals surface area contributed by atoms with Crippen LogP contribution in [-0.2, 0) is 5.67 Å². The summed E-state index contributed by atoms with van der Waals surface area (Å²) < 4.78 is 96.4. The van der Waals surface area contributed by atoms with Crippen LogP contribution in [0.1, 0.15) is 5.56 Å². The van der Waals surface area contributed by atoms with Crippen LogP contribution in [0.4, 0.5) is 36.4 Å². The lowest BCUT2D eigenvalue weighted by Gasteiger charge is -2.30. The Morgan fingerprint density at radius 1 is 0.846 bits per heavy atom. The maximum Gasteiger partial charge on any atom is 0.435 e. The average molecular weight is 378 g/mol. The Hall–Kier alpha value is -2.78. The standard InChI is InChI=1S/C16H9F7N2O/c17-14(15(18,19)20,16(21,22)23)9-4-5-11-12(7-9)26-13(25-11)8-2-1-3-10(24)6-8/h1-7H,24H2. The van der Waals surface area contributed by atoms with Gasteiger partial charge in [-0.15, -0.1) is 0 Å². The zero-order valence-electron chi connectivity index (χ0n) is 12.6. The molecule has 138 valence electrons. The molecule has 3 rings (SSSR count). The molecule has 0 aliphatic carbocycles. The van der Waals surface area contributed by atoms with Gasteiger partial charge in [0.15, 0.2) is 5.58 Å². The number of nitrogen functional groups attached to an aromatic ring is 1. The molecule has 2 N–H and O–H groups in total. The number of rotatable bonds is 2. The molecule has 0 fully saturated rings. The molecule has 26 heavy (non-hydrogen) atoms. The third kappa shape index (κ3) is 2.74. The number of aromatic nitrogens is 1. The lowest BCUT2D eigenvalue weighted by Crippen LogP contribution is -2.50. The SMILES string of the molecule is Nc1cccc(-c2nc3ccc(C(F)(C(F)(F)F)C(F)(F)F)cc3o2)c1. The highest BCUT2D eigenvalue weighted by Crippen LogP contribution is 2.53. The highest BCUT2D eigenvalue weighted by Gasteiger charge is 2.73. The summed E-state index contributed by atoms with van der Waals surface area (Å²) >= 11 is 0. The van der Waals surface area contributed by atoms with Crippen molar-refractivity contribution in [3.8, 4) is 11.5 Å². The first-order valence-electron chi connectivity index (χ1n) is 7.03. The van der Waals surface area contributed by atoms with E-state index in [-0.39, 0.29) is 11.4 Å². The van der Waals surface area contributed by atoms with E-state index in [2.05, 4.69) is 4.98 Å². The molecule has 10 heteroatoms. The number of fused-ring (bicyclic) bond motifs is 1. The fourth-order valence-corrected chi connectivity index (χ4v) is 2.42. The van der Waals surface area contributed by atoms with Crippen LogP contribution in [0, 0.1) is 0 Å². The first-order chi connectivity index (χ1) is 11.9. The zero-order valence-corrected chi connectivity index (χ0v) is 12.6. The molecule has 0 spiro atoms. The summed E-state index contributed by atoms with van der Waals surface area (Å²) in [5.74, 6) is -0.0760. The van der Waals surface area contributed by atoms with Gasteiger partial charge in [-0.25, -0.2) is 9.37 Å². The molecule has 0 atom stereocenters. The van der Waals surface area contributed by atoms with Crippen LogP contribution >= 0.6 is 0 Å². The van der Waals surface area contributed by atoms with Crippen molar-refractivity contribution in [3.05, 3.63) is 48.0 Å². The van der Waals surface area contributed by atoms with Crippen LogP contribution in [0.3, 0.4) is 0 Å². The second-order valence-corrected chi connectivity index (χ2v) is 5.48. The summed E-state index contributed by atoms with van der Waals surface area (Å²) in [6.07, 6.45) is -12.4. The molecule has 0 radical (unpaired) electrons. The molecule has 3 aromatic rings. The zero-order chi connectivity index (χ0) is 19.3. The average Bonchev–Trinajstić information content (AvgIpc) is 2.95. The van der Waals surface area contributed by atoms with Crippen LogP contribution in [-0.4, -0.2) is 17.3 Å². The van der Waals surface area contributed by atoms with Gasteiger partial charge >= 0.3 is 18.0 Å². The van der Waals surface area contributed by atoms with Crippen molar-refractivity contribution < 1.29 is 35.2 Å². The summed E-state index contributed by atoms with van der Waals surface area (Å²) in [6.45, 7) is 0. The molecule has 0 saturated heterocycles.